The minimum absolute atomic E-state index is 0.155. The third-order valence-corrected chi connectivity index (χ3v) is 4.38. The smallest absolute Gasteiger partial charge is 0.120 e. The van der Waals surface area contributed by atoms with Crippen LogP contribution in [-0.2, 0) is 13.0 Å². The van der Waals surface area contributed by atoms with Crippen LogP contribution in [0.15, 0.2) is 42.5 Å². The predicted molar refractivity (Wildman–Crippen MR) is 82.1 cm³/mol. The molecule has 20 heavy (non-hydrogen) atoms. The second-order valence-electron chi connectivity index (χ2n) is 5.37. The maximum Gasteiger partial charge on any atom is 0.120 e. The highest BCUT2D eigenvalue weighted by Crippen LogP contribution is 2.33. The lowest BCUT2D eigenvalue weighted by molar-refractivity contribution is 0.189. The fourth-order valence-electron chi connectivity index (χ4n) is 2.90. The number of benzene rings is 2. The van der Waals surface area contributed by atoms with Crippen molar-refractivity contribution in [2.75, 3.05) is 6.54 Å². The van der Waals surface area contributed by atoms with Crippen LogP contribution in [0.5, 0.6) is 5.75 Å². The van der Waals surface area contributed by atoms with E-state index in [9.17, 15) is 5.11 Å². The SMILES string of the molecule is CC(c1cc(Cl)ccc1O)N1CCc2ccccc2C1. The van der Waals surface area contributed by atoms with E-state index in [1.807, 2.05) is 6.07 Å². The second-order valence-corrected chi connectivity index (χ2v) is 5.80. The van der Waals surface area contributed by atoms with Crippen molar-refractivity contribution >= 4 is 11.6 Å². The van der Waals surface area contributed by atoms with Crippen LogP contribution in [0.2, 0.25) is 5.02 Å². The number of rotatable bonds is 2. The zero-order valence-electron chi connectivity index (χ0n) is 11.5. The highest BCUT2D eigenvalue weighted by atomic mass is 35.5. The number of hydrogen-bond acceptors (Lipinski definition) is 2. The van der Waals surface area contributed by atoms with E-state index in [4.69, 9.17) is 11.6 Å². The number of phenolic OH excluding ortho intramolecular Hbond substituents is 1. The highest BCUT2D eigenvalue weighted by Gasteiger charge is 2.23. The first kappa shape index (κ1) is 13.5. The van der Waals surface area contributed by atoms with Crippen LogP contribution in [-0.4, -0.2) is 16.6 Å². The van der Waals surface area contributed by atoms with Gasteiger partial charge < -0.3 is 5.11 Å². The van der Waals surface area contributed by atoms with Crippen molar-refractivity contribution in [1.82, 2.24) is 4.90 Å². The number of aromatic hydroxyl groups is 1. The van der Waals surface area contributed by atoms with Crippen molar-refractivity contribution in [2.24, 2.45) is 0 Å². The minimum atomic E-state index is 0.155. The molecule has 1 aliphatic heterocycles. The molecule has 1 N–H and O–H groups in total. The van der Waals surface area contributed by atoms with Crippen molar-refractivity contribution in [3.8, 4) is 5.75 Å². The predicted octanol–water partition coefficient (Wildman–Crippen LogP) is 4.16. The van der Waals surface area contributed by atoms with Gasteiger partial charge in [0.2, 0.25) is 0 Å². The van der Waals surface area contributed by atoms with Gasteiger partial charge in [-0.15, -0.1) is 0 Å². The van der Waals surface area contributed by atoms with Gasteiger partial charge in [-0.1, -0.05) is 35.9 Å². The molecule has 2 aromatic rings. The molecule has 1 aliphatic rings. The van der Waals surface area contributed by atoms with Gasteiger partial charge in [0.15, 0.2) is 0 Å². The van der Waals surface area contributed by atoms with Gasteiger partial charge in [-0.25, -0.2) is 0 Å². The molecule has 2 nitrogen and oxygen atoms in total. The Morgan fingerprint density at radius 1 is 1.15 bits per heavy atom. The summed E-state index contributed by atoms with van der Waals surface area (Å²) in [6, 6.07) is 14.0. The van der Waals surface area contributed by atoms with Crippen molar-refractivity contribution < 1.29 is 5.11 Å². The molecule has 1 heterocycles. The van der Waals surface area contributed by atoms with Gasteiger partial charge in [0.1, 0.15) is 5.75 Å². The Hall–Kier alpha value is -1.51. The fraction of sp³-hybridized carbons (Fsp3) is 0.294. The Balaban J connectivity index is 1.85. The summed E-state index contributed by atoms with van der Waals surface area (Å²) in [6.45, 7) is 4.05. The number of nitrogens with zero attached hydrogens (tertiary/aromatic N) is 1. The van der Waals surface area contributed by atoms with E-state index >= 15 is 0 Å². The third-order valence-electron chi connectivity index (χ3n) is 4.15. The molecule has 104 valence electrons. The molecule has 0 amide bonds. The van der Waals surface area contributed by atoms with Crippen molar-refractivity contribution in [3.63, 3.8) is 0 Å². The molecule has 0 aromatic heterocycles. The van der Waals surface area contributed by atoms with E-state index in [1.54, 1.807) is 12.1 Å². The monoisotopic (exact) mass is 287 g/mol. The summed E-state index contributed by atoms with van der Waals surface area (Å²) in [6.07, 6.45) is 1.06. The quantitative estimate of drug-likeness (QED) is 0.896. The molecular formula is C17H18ClNO. The van der Waals surface area contributed by atoms with Gasteiger partial charge in [-0.2, -0.15) is 0 Å². The molecule has 2 aromatic carbocycles. The first-order valence-corrected chi connectivity index (χ1v) is 7.32. The maximum atomic E-state index is 10.0. The number of phenols is 1. The molecule has 0 fully saturated rings. The van der Waals surface area contributed by atoms with Crippen LogP contribution < -0.4 is 0 Å². The minimum Gasteiger partial charge on any atom is -0.508 e. The first-order chi connectivity index (χ1) is 9.65. The van der Waals surface area contributed by atoms with Gasteiger partial charge in [0.25, 0.3) is 0 Å². The van der Waals surface area contributed by atoms with E-state index in [-0.39, 0.29) is 6.04 Å². The second kappa shape index (κ2) is 5.47. The summed E-state index contributed by atoms with van der Waals surface area (Å²) in [7, 11) is 0. The molecular weight excluding hydrogens is 270 g/mol. The molecule has 1 unspecified atom stereocenters. The Morgan fingerprint density at radius 3 is 2.70 bits per heavy atom. The van der Waals surface area contributed by atoms with Gasteiger partial charge in [-0.05, 0) is 42.7 Å². The molecule has 0 spiro atoms. The topological polar surface area (TPSA) is 23.5 Å². The lowest BCUT2D eigenvalue weighted by atomic mass is 9.97. The van der Waals surface area contributed by atoms with Crippen LogP contribution in [0.25, 0.3) is 0 Å². The largest absolute Gasteiger partial charge is 0.508 e. The van der Waals surface area contributed by atoms with E-state index in [0.29, 0.717) is 10.8 Å². The molecule has 3 rings (SSSR count). The van der Waals surface area contributed by atoms with Gasteiger partial charge >= 0.3 is 0 Å². The van der Waals surface area contributed by atoms with Crippen LogP contribution >= 0.6 is 11.6 Å². The van der Waals surface area contributed by atoms with Crippen LogP contribution in [0.1, 0.15) is 29.7 Å². The van der Waals surface area contributed by atoms with Crippen molar-refractivity contribution in [2.45, 2.75) is 25.9 Å². The Labute approximate surface area is 124 Å². The van der Waals surface area contributed by atoms with Gasteiger partial charge in [-0.3, -0.25) is 4.90 Å². The molecule has 0 aliphatic carbocycles. The lowest BCUT2D eigenvalue weighted by Crippen LogP contribution is -2.32. The molecule has 0 radical (unpaired) electrons. The average molecular weight is 288 g/mol. The van der Waals surface area contributed by atoms with E-state index < -0.39 is 0 Å². The Morgan fingerprint density at radius 2 is 1.90 bits per heavy atom. The van der Waals surface area contributed by atoms with E-state index in [0.717, 1.165) is 25.1 Å². The van der Waals surface area contributed by atoms with Gasteiger partial charge in [0, 0.05) is 29.7 Å². The molecule has 1 atom stereocenters. The average Bonchev–Trinajstić information content (AvgIpc) is 2.48. The van der Waals surface area contributed by atoms with Gasteiger partial charge in [0.05, 0.1) is 0 Å². The van der Waals surface area contributed by atoms with Crippen LogP contribution in [0.4, 0.5) is 0 Å². The van der Waals surface area contributed by atoms with E-state index in [1.165, 1.54) is 11.1 Å². The normalized spacial score (nSPS) is 16.7. The van der Waals surface area contributed by atoms with Crippen LogP contribution in [0.3, 0.4) is 0 Å². The summed E-state index contributed by atoms with van der Waals surface area (Å²) in [5, 5.41) is 10.7. The lowest BCUT2D eigenvalue weighted by Gasteiger charge is -2.34. The van der Waals surface area contributed by atoms with Crippen molar-refractivity contribution in [1.29, 1.82) is 0 Å². The first-order valence-electron chi connectivity index (χ1n) is 6.94. The standard InChI is InChI=1S/C17H18ClNO/c1-12(16-10-15(18)6-7-17(16)20)19-9-8-13-4-2-3-5-14(13)11-19/h2-7,10,12,20H,8-9,11H2,1H3. The molecule has 0 saturated carbocycles. The summed E-state index contributed by atoms with van der Waals surface area (Å²) < 4.78 is 0. The zero-order chi connectivity index (χ0) is 14.1. The summed E-state index contributed by atoms with van der Waals surface area (Å²) in [4.78, 5) is 2.38. The summed E-state index contributed by atoms with van der Waals surface area (Å²) in [5.41, 5.74) is 3.72. The van der Waals surface area contributed by atoms with Crippen LogP contribution in [0, 0.1) is 0 Å². The molecule has 0 saturated heterocycles. The number of fused-ring (bicyclic) bond motifs is 1. The third kappa shape index (κ3) is 2.54. The molecule has 3 heteroatoms. The Kier molecular flexibility index (Phi) is 3.68. The zero-order valence-corrected chi connectivity index (χ0v) is 12.3. The fourth-order valence-corrected chi connectivity index (χ4v) is 3.09. The summed E-state index contributed by atoms with van der Waals surface area (Å²) in [5.74, 6) is 0.320. The number of hydrogen-bond donors (Lipinski definition) is 1. The Bertz CT molecular complexity index is 626. The van der Waals surface area contributed by atoms with Crippen molar-refractivity contribution in [3.05, 3.63) is 64.2 Å². The summed E-state index contributed by atoms with van der Waals surface area (Å²) >= 11 is 6.05. The molecule has 0 bridgehead atoms. The maximum absolute atomic E-state index is 10.0. The highest BCUT2D eigenvalue weighted by molar-refractivity contribution is 6.30. The number of halogens is 1. The van der Waals surface area contributed by atoms with E-state index in [2.05, 4.69) is 36.1 Å².